The third-order valence-corrected chi connectivity index (χ3v) is 5.52. The highest BCUT2D eigenvalue weighted by Crippen LogP contribution is 2.41. The number of halogens is 1. The van der Waals surface area contributed by atoms with Crippen LogP contribution in [0.15, 0.2) is 48.5 Å². The predicted molar refractivity (Wildman–Crippen MR) is 106 cm³/mol. The number of carbonyl (C=O) groups excluding carboxylic acids is 1. The van der Waals surface area contributed by atoms with Gasteiger partial charge in [-0.25, -0.2) is 9.18 Å². The number of rotatable bonds is 3. The number of hydrogen-bond acceptors (Lipinski definition) is 3. The van der Waals surface area contributed by atoms with Crippen molar-refractivity contribution in [1.82, 2.24) is 10.2 Å². The Labute approximate surface area is 164 Å². The van der Waals surface area contributed by atoms with Crippen molar-refractivity contribution in [3.63, 3.8) is 0 Å². The van der Waals surface area contributed by atoms with Gasteiger partial charge in [-0.15, -0.1) is 0 Å². The van der Waals surface area contributed by atoms with Crippen molar-refractivity contribution in [3.05, 3.63) is 65.5 Å². The first kappa shape index (κ1) is 18.3. The second-order valence-electron chi connectivity index (χ2n) is 7.44. The molecular formula is C22H23FN4O. The molecule has 1 aliphatic heterocycles. The van der Waals surface area contributed by atoms with E-state index in [1.807, 2.05) is 35.2 Å². The Morgan fingerprint density at radius 3 is 2.68 bits per heavy atom. The van der Waals surface area contributed by atoms with Crippen LogP contribution in [0.5, 0.6) is 0 Å². The van der Waals surface area contributed by atoms with Crippen molar-refractivity contribution in [2.75, 3.05) is 31.1 Å². The van der Waals surface area contributed by atoms with Gasteiger partial charge in [0.25, 0.3) is 0 Å². The number of hydrogen-bond donors (Lipinski definition) is 1. The van der Waals surface area contributed by atoms with E-state index in [2.05, 4.69) is 16.3 Å². The number of nitrogens with zero attached hydrogens (tertiary/aromatic N) is 3. The van der Waals surface area contributed by atoms with Crippen LogP contribution in [0.25, 0.3) is 0 Å². The average molecular weight is 378 g/mol. The molecule has 28 heavy (non-hydrogen) atoms. The molecule has 0 unspecified atom stereocenters. The number of nitriles is 1. The Morgan fingerprint density at radius 1 is 1.11 bits per heavy atom. The first-order valence-corrected chi connectivity index (χ1v) is 9.70. The zero-order valence-corrected chi connectivity index (χ0v) is 15.6. The van der Waals surface area contributed by atoms with Crippen molar-refractivity contribution in [3.8, 4) is 6.07 Å². The van der Waals surface area contributed by atoms with Crippen molar-refractivity contribution >= 4 is 11.7 Å². The monoisotopic (exact) mass is 378 g/mol. The van der Waals surface area contributed by atoms with Gasteiger partial charge in [0.05, 0.1) is 11.6 Å². The minimum Gasteiger partial charge on any atom is -0.370 e. The normalized spacial score (nSPS) is 21.6. The topological polar surface area (TPSA) is 59.4 Å². The SMILES string of the molecule is N#Cc1ccc(N2CCCN(C(=O)N[C@H]3C[C@@H]3c3cccc(F)c3)CC2)cc1. The lowest BCUT2D eigenvalue weighted by Gasteiger charge is -2.24. The molecule has 4 rings (SSSR count). The second kappa shape index (κ2) is 7.89. The Balaban J connectivity index is 1.30. The molecule has 1 aliphatic carbocycles. The van der Waals surface area contributed by atoms with Crippen LogP contribution in [-0.2, 0) is 0 Å². The van der Waals surface area contributed by atoms with Gasteiger partial charge in [0, 0.05) is 43.8 Å². The average Bonchev–Trinajstić information content (AvgIpc) is 3.51. The fourth-order valence-electron chi connectivity index (χ4n) is 3.84. The zero-order valence-electron chi connectivity index (χ0n) is 15.6. The van der Waals surface area contributed by atoms with E-state index >= 15 is 0 Å². The molecule has 0 radical (unpaired) electrons. The molecule has 2 atom stereocenters. The molecule has 1 heterocycles. The molecule has 0 bridgehead atoms. The van der Waals surface area contributed by atoms with Crippen LogP contribution < -0.4 is 10.2 Å². The molecule has 5 nitrogen and oxygen atoms in total. The first-order chi connectivity index (χ1) is 13.6. The second-order valence-corrected chi connectivity index (χ2v) is 7.44. The van der Waals surface area contributed by atoms with E-state index in [0.717, 1.165) is 43.7 Å². The lowest BCUT2D eigenvalue weighted by molar-refractivity contribution is 0.201. The highest BCUT2D eigenvalue weighted by atomic mass is 19.1. The molecule has 2 aromatic rings. The number of nitrogens with one attached hydrogen (secondary N) is 1. The summed E-state index contributed by atoms with van der Waals surface area (Å²) in [6.07, 6.45) is 1.76. The molecular weight excluding hydrogens is 355 g/mol. The maximum atomic E-state index is 13.4. The van der Waals surface area contributed by atoms with Crippen LogP contribution in [0, 0.1) is 17.1 Å². The smallest absolute Gasteiger partial charge is 0.317 e. The summed E-state index contributed by atoms with van der Waals surface area (Å²) in [5.41, 5.74) is 2.68. The molecule has 1 saturated heterocycles. The van der Waals surface area contributed by atoms with Gasteiger partial charge < -0.3 is 15.1 Å². The third-order valence-electron chi connectivity index (χ3n) is 5.52. The Morgan fingerprint density at radius 2 is 1.93 bits per heavy atom. The molecule has 2 aromatic carbocycles. The number of anilines is 1. The third kappa shape index (κ3) is 4.09. The van der Waals surface area contributed by atoms with Gasteiger partial charge in [-0.1, -0.05) is 12.1 Å². The summed E-state index contributed by atoms with van der Waals surface area (Å²) in [6.45, 7) is 3.02. The minimum absolute atomic E-state index is 0.0365. The molecule has 144 valence electrons. The van der Waals surface area contributed by atoms with Gasteiger partial charge in [-0.2, -0.15) is 5.26 Å². The maximum Gasteiger partial charge on any atom is 0.317 e. The molecule has 2 amide bonds. The van der Waals surface area contributed by atoms with Crippen LogP contribution in [0.1, 0.15) is 29.9 Å². The Bertz CT molecular complexity index is 892. The molecule has 0 aromatic heterocycles. The fraction of sp³-hybridized carbons (Fsp3) is 0.364. The van der Waals surface area contributed by atoms with Crippen LogP contribution in [0.2, 0.25) is 0 Å². The molecule has 0 spiro atoms. The summed E-state index contributed by atoms with van der Waals surface area (Å²) in [6, 6.07) is 16.4. The van der Waals surface area contributed by atoms with E-state index in [0.29, 0.717) is 12.1 Å². The zero-order chi connectivity index (χ0) is 19.5. The number of amides is 2. The van der Waals surface area contributed by atoms with E-state index in [1.165, 1.54) is 6.07 Å². The van der Waals surface area contributed by atoms with Gasteiger partial charge in [-0.3, -0.25) is 0 Å². The fourth-order valence-corrected chi connectivity index (χ4v) is 3.84. The highest BCUT2D eigenvalue weighted by Gasteiger charge is 2.40. The van der Waals surface area contributed by atoms with E-state index in [1.54, 1.807) is 12.1 Å². The van der Waals surface area contributed by atoms with Crippen molar-refractivity contribution in [2.45, 2.75) is 24.8 Å². The maximum absolute atomic E-state index is 13.4. The standard InChI is InChI=1S/C22H23FN4O/c23-18-4-1-3-17(13-18)20-14-21(20)25-22(28)27-10-2-9-26(11-12-27)19-7-5-16(15-24)6-8-19/h1,3-8,13,20-21H,2,9-12,14H2,(H,25,28)/t20-,21+/m1/s1. The van der Waals surface area contributed by atoms with Crippen molar-refractivity contribution in [1.29, 1.82) is 5.26 Å². The quantitative estimate of drug-likeness (QED) is 0.890. The van der Waals surface area contributed by atoms with Gasteiger partial charge in [0.2, 0.25) is 0 Å². The minimum atomic E-state index is -0.232. The molecule has 1 saturated carbocycles. The van der Waals surface area contributed by atoms with E-state index < -0.39 is 0 Å². The van der Waals surface area contributed by atoms with E-state index in [4.69, 9.17) is 5.26 Å². The van der Waals surface area contributed by atoms with E-state index in [9.17, 15) is 9.18 Å². The molecule has 1 N–H and O–H groups in total. The van der Waals surface area contributed by atoms with Crippen LogP contribution in [0.3, 0.4) is 0 Å². The Kier molecular flexibility index (Phi) is 5.16. The number of benzene rings is 2. The summed E-state index contributed by atoms with van der Waals surface area (Å²) in [5.74, 6) is -0.0216. The molecule has 6 heteroatoms. The summed E-state index contributed by atoms with van der Waals surface area (Å²) in [5, 5.41) is 12.0. The summed E-state index contributed by atoms with van der Waals surface area (Å²) < 4.78 is 13.4. The van der Waals surface area contributed by atoms with Crippen LogP contribution in [-0.4, -0.2) is 43.2 Å². The lowest BCUT2D eigenvalue weighted by atomic mass is 10.1. The van der Waals surface area contributed by atoms with Crippen LogP contribution >= 0.6 is 0 Å². The van der Waals surface area contributed by atoms with E-state index in [-0.39, 0.29) is 23.8 Å². The molecule has 2 aliphatic rings. The largest absolute Gasteiger partial charge is 0.370 e. The number of carbonyl (C=O) groups is 1. The molecule has 2 fully saturated rings. The number of urea groups is 1. The first-order valence-electron chi connectivity index (χ1n) is 9.70. The summed E-state index contributed by atoms with van der Waals surface area (Å²) >= 11 is 0. The summed E-state index contributed by atoms with van der Waals surface area (Å²) in [4.78, 5) is 16.8. The Hall–Kier alpha value is -3.07. The van der Waals surface area contributed by atoms with Crippen molar-refractivity contribution < 1.29 is 9.18 Å². The lowest BCUT2D eigenvalue weighted by Crippen LogP contribution is -2.43. The van der Waals surface area contributed by atoms with Gasteiger partial charge in [0.1, 0.15) is 5.82 Å². The van der Waals surface area contributed by atoms with Gasteiger partial charge in [0.15, 0.2) is 0 Å². The van der Waals surface area contributed by atoms with Crippen molar-refractivity contribution in [2.24, 2.45) is 0 Å². The van der Waals surface area contributed by atoms with Gasteiger partial charge >= 0.3 is 6.03 Å². The highest BCUT2D eigenvalue weighted by molar-refractivity contribution is 5.75. The summed E-state index contributed by atoms with van der Waals surface area (Å²) in [7, 11) is 0. The van der Waals surface area contributed by atoms with Gasteiger partial charge in [-0.05, 0) is 54.8 Å². The predicted octanol–water partition coefficient (Wildman–Crippen LogP) is 3.48. The van der Waals surface area contributed by atoms with Crippen LogP contribution in [0.4, 0.5) is 14.9 Å².